The topological polar surface area (TPSA) is 56.2 Å². The lowest BCUT2D eigenvalue weighted by molar-refractivity contribution is 0.0924. The molecule has 27 heavy (non-hydrogen) atoms. The van der Waals surface area contributed by atoms with Crippen molar-refractivity contribution < 1.29 is 9.53 Å². The van der Waals surface area contributed by atoms with E-state index in [1.165, 1.54) is 0 Å². The van der Waals surface area contributed by atoms with Crippen LogP contribution in [0.25, 0.3) is 0 Å². The first-order valence-electron chi connectivity index (χ1n) is 8.93. The smallest absolute Gasteiger partial charge is 0.256 e. The summed E-state index contributed by atoms with van der Waals surface area (Å²) in [6.07, 6.45) is 0.720. The molecule has 1 aromatic heterocycles. The van der Waals surface area contributed by atoms with Gasteiger partial charge < -0.3 is 10.1 Å². The first kappa shape index (κ1) is 17.6. The van der Waals surface area contributed by atoms with E-state index in [0.717, 1.165) is 23.3 Å². The molecule has 0 aliphatic carbocycles. The minimum Gasteiger partial charge on any atom is -0.493 e. The number of nitrogens with one attached hydrogen (secondary N) is 1. The Morgan fingerprint density at radius 2 is 1.96 bits per heavy atom. The highest BCUT2D eigenvalue weighted by Crippen LogP contribution is 2.32. The predicted molar refractivity (Wildman–Crippen MR) is 104 cm³/mol. The number of aryl methyl sites for hydroxylation is 1. The lowest BCUT2D eigenvalue weighted by Gasteiger charge is -2.26. The van der Waals surface area contributed by atoms with E-state index in [9.17, 15) is 4.79 Å². The lowest BCUT2D eigenvalue weighted by atomic mass is 10.0. The molecular weight excluding hydrogens is 362 g/mol. The Morgan fingerprint density at radius 1 is 1.22 bits per heavy atom. The van der Waals surface area contributed by atoms with Gasteiger partial charge in [0.2, 0.25) is 0 Å². The largest absolute Gasteiger partial charge is 0.493 e. The fourth-order valence-electron chi connectivity index (χ4n) is 3.39. The summed E-state index contributed by atoms with van der Waals surface area (Å²) >= 11 is 6.51. The van der Waals surface area contributed by atoms with Crippen molar-refractivity contribution in [1.29, 1.82) is 0 Å². The molecule has 0 unspecified atom stereocenters. The Kier molecular flexibility index (Phi) is 4.86. The molecule has 2 heterocycles. The van der Waals surface area contributed by atoms with Crippen LogP contribution in [0.1, 0.15) is 39.6 Å². The van der Waals surface area contributed by atoms with E-state index in [1.54, 1.807) is 11.6 Å². The highest BCUT2D eigenvalue weighted by molar-refractivity contribution is 6.33. The molecule has 5 nitrogen and oxygen atoms in total. The predicted octanol–water partition coefficient (Wildman–Crippen LogP) is 4.15. The molecule has 1 atom stereocenters. The van der Waals surface area contributed by atoms with Crippen molar-refractivity contribution in [1.82, 2.24) is 15.1 Å². The van der Waals surface area contributed by atoms with Crippen LogP contribution in [0.3, 0.4) is 0 Å². The van der Waals surface area contributed by atoms with Crippen molar-refractivity contribution in [2.75, 3.05) is 6.61 Å². The van der Waals surface area contributed by atoms with Gasteiger partial charge in [-0.15, -0.1) is 0 Å². The molecule has 138 valence electrons. The summed E-state index contributed by atoms with van der Waals surface area (Å²) in [6.45, 7) is 2.90. The van der Waals surface area contributed by atoms with E-state index in [-0.39, 0.29) is 11.9 Å². The molecule has 1 amide bonds. The van der Waals surface area contributed by atoms with E-state index in [4.69, 9.17) is 16.3 Å². The number of hydrogen-bond acceptors (Lipinski definition) is 3. The number of ether oxygens (including phenoxy) is 1. The van der Waals surface area contributed by atoms with Crippen LogP contribution in [-0.2, 0) is 6.54 Å². The molecule has 0 saturated heterocycles. The highest BCUT2D eigenvalue weighted by Gasteiger charge is 2.26. The molecule has 1 aliphatic rings. The quantitative estimate of drug-likeness (QED) is 0.738. The zero-order valence-corrected chi connectivity index (χ0v) is 15.7. The third-order valence-electron chi connectivity index (χ3n) is 4.73. The second kappa shape index (κ2) is 7.45. The van der Waals surface area contributed by atoms with E-state index >= 15 is 0 Å². The third-order valence-corrected chi connectivity index (χ3v) is 5.12. The van der Waals surface area contributed by atoms with Crippen molar-refractivity contribution >= 4 is 17.5 Å². The minimum absolute atomic E-state index is 0.101. The van der Waals surface area contributed by atoms with Crippen LogP contribution in [0, 0.1) is 6.92 Å². The standard InChI is InChI=1S/C21H20ClN3O2/c1-14-19(20(22)25(24-14)13-15-7-3-2-4-8-15)21(26)23-17-11-12-27-18-10-6-5-9-16(17)18/h2-10,17H,11-13H2,1H3,(H,23,26)/t17-/m0/s1. The number of para-hydroxylation sites is 1. The summed E-state index contributed by atoms with van der Waals surface area (Å²) in [5.74, 6) is 0.607. The number of benzene rings is 2. The molecule has 0 bridgehead atoms. The van der Waals surface area contributed by atoms with Crippen LogP contribution in [0.2, 0.25) is 5.15 Å². The molecule has 2 aromatic carbocycles. The van der Waals surface area contributed by atoms with Gasteiger partial charge in [0.15, 0.2) is 0 Å². The number of nitrogens with zero attached hydrogens (tertiary/aromatic N) is 2. The third kappa shape index (κ3) is 3.55. The van der Waals surface area contributed by atoms with Crippen molar-refractivity contribution in [2.24, 2.45) is 0 Å². The number of carbonyl (C=O) groups excluding carboxylic acids is 1. The Morgan fingerprint density at radius 3 is 2.78 bits per heavy atom. The average molecular weight is 382 g/mol. The molecule has 4 rings (SSSR count). The number of halogens is 1. The van der Waals surface area contributed by atoms with Crippen molar-refractivity contribution in [2.45, 2.75) is 25.9 Å². The zero-order valence-electron chi connectivity index (χ0n) is 15.0. The molecule has 6 heteroatoms. The maximum atomic E-state index is 12.9. The second-order valence-electron chi connectivity index (χ2n) is 6.60. The SMILES string of the molecule is Cc1nn(Cc2ccccc2)c(Cl)c1C(=O)N[C@H]1CCOc2ccccc21. The van der Waals surface area contributed by atoms with Crippen LogP contribution >= 0.6 is 11.6 Å². The second-order valence-corrected chi connectivity index (χ2v) is 6.95. The monoisotopic (exact) mass is 381 g/mol. The number of hydrogen-bond donors (Lipinski definition) is 1. The van der Waals surface area contributed by atoms with Crippen molar-refractivity contribution in [3.05, 3.63) is 82.1 Å². The molecule has 0 saturated carbocycles. The minimum atomic E-state index is -0.210. The summed E-state index contributed by atoms with van der Waals surface area (Å²) in [6, 6.07) is 17.6. The van der Waals surface area contributed by atoms with Crippen LogP contribution in [0.15, 0.2) is 54.6 Å². The summed E-state index contributed by atoms with van der Waals surface area (Å²) in [4.78, 5) is 12.9. The zero-order chi connectivity index (χ0) is 18.8. The van der Waals surface area contributed by atoms with Crippen molar-refractivity contribution in [3.8, 4) is 5.75 Å². The van der Waals surface area contributed by atoms with Gasteiger partial charge in [0.25, 0.3) is 5.91 Å². The fourth-order valence-corrected chi connectivity index (χ4v) is 3.71. The first-order chi connectivity index (χ1) is 13.1. The van der Waals surface area contributed by atoms with Gasteiger partial charge in [-0.1, -0.05) is 60.1 Å². The molecule has 1 N–H and O–H groups in total. The molecular formula is C21H20ClN3O2. The Hall–Kier alpha value is -2.79. The summed E-state index contributed by atoms with van der Waals surface area (Å²) in [5, 5.41) is 7.91. The number of fused-ring (bicyclic) bond motifs is 1. The van der Waals surface area contributed by atoms with E-state index in [0.29, 0.717) is 29.6 Å². The summed E-state index contributed by atoms with van der Waals surface area (Å²) in [7, 11) is 0. The van der Waals surface area contributed by atoms with Gasteiger partial charge in [-0.2, -0.15) is 5.10 Å². The molecule has 1 aliphatic heterocycles. The van der Waals surface area contributed by atoms with Gasteiger partial charge in [-0.05, 0) is 18.6 Å². The number of carbonyl (C=O) groups is 1. The number of rotatable bonds is 4. The number of amides is 1. The first-order valence-corrected chi connectivity index (χ1v) is 9.30. The van der Waals surface area contributed by atoms with Gasteiger partial charge in [0.1, 0.15) is 10.9 Å². The van der Waals surface area contributed by atoms with E-state index in [2.05, 4.69) is 10.4 Å². The maximum Gasteiger partial charge on any atom is 0.256 e. The summed E-state index contributed by atoms with van der Waals surface area (Å²) in [5.41, 5.74) is 3.11. The van der Waals surface area contributed by atoms with Gasteiger partial charge in [-0.3, -0.25) is 4.79 Å². The van der Waals surface area contributed by atoms with E-state index in [1.807, 2.05) is 54.6 Å². The van der Waals surface area contributed by atoms with Crippen LogP contribution in [-0.4, -0.2) is 22.3 Å². The highest BCUT2D eigenvalue weighted by atomic mass is 35.5. The van der Waals surface area contributed by atoms with Crippen LogP contribution in [0.4, 0.5) is 0 Å². The van der Waals surface area contributed by atoms with Crippen molar-refractivity contribution in [3.63, 3.8) is 0 Å². The Labute approximate surface area is 162 Å². The van der Waals surface area contributed by atoms with Gasteiger partial charge in [0.05, 0.1) is 30.5 Å². The number of aromatic nitrogens is 2. The summed E-state index contributed by atoms with van der Waals surface area (Å²) < 4.78 is 7.33. The van der Waals surface area contributed by atoms with E-state index < -0.39 is 0 Å². The Bertz CT molecular complexity index is 969. The molecule has 0 fully saturated rings. The van der Waals surface area contributed by atoms with Crippen LogP contribution in [0.5, 0.6) is 5.75 Å². The Balaban J connectivity index is 1.56. The lowest BCUT2D eigenvalue weighted by Crippen LogP contribution is -2.32. The normalized spacial score (nSPS) is 15.7. The molecule has 3 aromatic rings. The van der Waals surface area contributed by atoms with Gasteiger partial charge in [-0.25, -0.2) is 4.68 Å². The average Bonchev–Trinajstić information content (AvgIpc) is 2.96. The maximum absolute atomic E-state index is 12.9. The van der Waals surface area contributed by atoms with Gasteiger partial charge >= 0.3 is 0 Å². The molecule has 0 spiro atoms. The van der Waals surface area contributed by atoms with Crippen LogP contribution < -0.4 is 10.1 Å². The fraction of sp³-hybridized carbons (Fsp3) is 0.238. The van der Waals surface area contributed by atoms with Gasteiger partial charge in [0, 0.05) is 12.0 Å². The molecule has 0 radical (unpaired) electrons.